The minimum atomic E-state index is 0.554. The van der Waals surface area contributed by atoms with Gasteiger partial charge in [0.05, 0.1) is 38.1 Å². The summed E-state index contributed by atoms with van der Waals surface area (Å²) in [5.41, 5.74) is 1.93. The number of nitrogens with one attached hydrogen (secondary N) is 1. The Morgan fingerprint density at radius 3 is 3.00 bits per heavy atom. The number of hydrogen-bond donors (Lipinski definition) is 1. The maximum Gasteiger partial charge on any atom is 0.222 e. The maximum atomic E-state index is 5.29. The molecule has 2 rings (SSSR count). The number of rotatable bonds is 3. The molecule has 14 heavy (non-hydrogen) atoms. The lowest BCUT2D eigenvalue weighted by Crippen LogP contribution is -2.11. The molecule has 0 aromatic carbocycles. The number of nitrogens with zero attached hydrogens (tertiary/aromatic N) is 2. The Morgan fingerprint density at radius 2 is 2.29 bits per heavy atom. The molecule has 0 bridgehead atoms. The summed E-state index contributed by atoms with van der Waals surface area (Å²) >= 11 is 0. The maximum absolute atomic E-state index is 5.29. The molecule has 1 aromatic rings. The van der Waals surface area contributed by atoms with Gasteiger partial charge in [0.2, 0.25) is 5.88 Å². The predicted molar refractivity (Wildman–Crippen MR) is 49.8 cm³/mol. The van der Waals surface area contributed by atoms with Crippen LogP contribution in [0.2, 0.25) is 0 Å². The number of hydrogen-bond acceptors (Lipinski definition) is 5. The summed E-state index contributed by atoms with van der Waals surface area (Å²) in [6.45, 7) is 1.76. The second-order valence-electron chi connectivity index (χ2n) is 3.10. The van der Waals surface area contributed by atoms with E-state index in [2.05, 4.69) is 15.3 Å². The number of fused-ring (bicyclic) bond motifs is 1. The van der Waals surface area contributed by atoms with Crippen LogP contribution in [0.25, 0.3) is 0 Å². The zero-order valence-corrected chi connectivity index (χ0v) is 8.33. The molecule has 76 valence electrons. The quantitative estimate of drug-likeness (QED) is 0.748. The largest absolute Gasteiger partial charge is 0.481 e. The van der Waals surface area contributed by atoms with Gasteiger partial charge in [0.25, 0.3) is 0 Å². The molecule has 0 saturated heterocycles. The highest BCUT2D eigenvalue weighted by molar-refractivity contribution is 5.32. The standard InChI is InChI=1S/C9H13N3O2/c1-10-3-8-11-7-5-14-4-6(7)9(12-8)13-2/h10H,3-5H2,1-2H3. The molecule has 0 saturated carbocycles. The molecular formula is C9H13N3O2. The van der Waals surface area contributed by atoms with Gasteiger partial charge in [-0.25, -0.2) is 4.98 Å². The van der Waals surface area contributed by atoms with E-state index in [9.17, 15) is 0 Å². The molecule has 1 N–H and O–H groups in total. The van der Waals surface area contributed by atoms with Gasteiger partial charge < -0.3 is 14.8 Å². The topological polar surface area (TPSA) is 56.3 Å². The van der Waals surface area contributed by atoms with Crippen molar-refractivity contribution < 1.29 is 9.47 Å². The van der Waals surface area contributed by atoms with Gasteiger partial charge in [-0.3, -0.25) is 0 Å². The Hall–Kier alpha value is -1.20. The van der Waals surface area contributed by atoms with Crippen LogP contribution in [-0.4, -0.2) is 24.1 Å². The van der Waals surface area contributed by atoms with Crippen LogP contribution in [0.5, 0.6) is 5.88 Å². The van der Waals surface area contributed by atoms with Crippen LogP contribution in [0.4, 0.5) is 0 Å². The molecule has 0 fully saturated rings. The van der Waals surface area contributed by atoms with Crippen molar-refractivity contribution in [1.82, 2.24) is 15.3 Å². The Labute approximate surface area is 82.5 Å². The molecule has 5 heteroatoms. The molecule has 0 amide bonds. The smallest absolute Gasteiger partial charge is 0.222 e. The lowest BCUT2D eigenvalue weighted by atomic mass is 10.2. The Morgan fingerprint density at radius 1 is 1.43 bits per heavy atom. The van der Waals surface area contributed by atoms with Crippen molar-refractivity contribution in [3.8, 4) is 5.88 Å². The average Bonchev–Trinajstić information content (AvgIpc) is 2.65. The van der Waals surface area contributed by atoms with Crippen LogP contribution in [0.15, 0.2) is 0 Å². The molecule has 0 atom stereocenters. The first kappa shape index (κ1) is 9.36. The summed E-state index contributed by atoms with van der Waals surface area (Å²) in [7, 11) is 3.48. The van der Waals surface area contributed by atoms with Crippen LogP contribution in [0.1, 0.15) is 17.1 Å². The molecule has 5 nitrogen and oxygen atoms in total. The third-order valence-corrected chi connectivity index (χ3v) is 2.11. The number of aromatic nitrogens is 2. The third-order valence-electron chi connectivity index (χ3n) is 2.11. The lowest BCUT2D eigenvalue weighted by Gasteiger charge is -2.06. The summed E-state index contributed by atoms with van der Waals surface area (Å²) in [4.78, 5) is 8.65. The van der Waals surface area contributed by atoms with Crippen molar-refractivity contribution in [2.24, 2.45) is 0 Å². The van der Waals surface area contributed by atoms with E-state index in [0.717, 1.165) is 17.1 Å². The SMILES string of the molecule is CNCc1nc2c(c(OC)n1)COC2. The van der Waals surface area contributed by atoms with Crippen LogP contribution in [0.3, 0.4) is 0 Å². The van der Waals surface area contributed by atoms with E-state index in [4.69, 9.17) is 9.47 Å². The minimum absolute atomic E-state index is 0.554. The fourth-order valence-corrected chi connectivity index (χ4v) is 1.48. The summed E-state index contributed by atoms with van der Waals surface area (Å²) < 4.78 is 10.5. The van der Waals surface area contributed by atoms with E-state index in [1.165, 1.54) is 0 Å². The van der Waals surface area contributed by atoms with Gasteiger partial charge in [0, 0.05) is 0 Å². The zero-order chi connectivity index (χ0) is 9.97. The van der Waals surface area contributed by atoms with E-state index < -0.39 is 0 Å². The van der Waals surface area contributed by atoms with E-state index >= 15 is 0 Å². The van der Waals surface area contributed by atoms with E-state index in [1.54, 1.807) is 7.11 Å². The first-order valence-corrected chi connectivity index (χ1v) is 4.50. The lowest BCUT2D eigenvalue weighted by molar-refractivity contribution is 0.132. The highest BCUT2D eigenvalue weighted by Crippen LogP contribution is 2.25. The highest BCUT2D eigenvalue weighted by atomic mass is 16.5. The number of ether oxygens (including phenoxy) is 2. The fourth-order valence-electron chi connectivity index (χ4n) is 1.48. The van der Waals surface area contributed by atoms with Gasteiger partial charge in [-0.05, 0) is 7.05 Å². The van der Waals surface area contributed by atoms with Gasteiger partial charge in [-0.15, -0.1) is 0 Å². The highest BCUT2D eigenvalue weighted by Gasteiger charge is 2.20. The Kier molecular flexibility index (Phi) is 2.60. The molecule has 0 unspecified atom stereocenters. The first-order valence-electron chi connectivity index (χ1n) is 4.50. The van der Waals surface area contributed by atoms with Crippen LogP contribution < -0.4 is 10.1 Å². The Balaban J connectivity index is 2.39. The van der Waals surface area contributed by atoms with E-state index in [0.29, 0.717) is 25.6 Å². The van der Waals surface area contributed by atoms with Crippen molar-refractivity contribution in [3.63, 3.8) is 0 Å². The first-order chi connectivity index (χ1) is 6.85. The van der Waals surface area contributed by atoms with E-state index in [-0.39, 0.29) is 0 Å². The van der Waals surface area contributed by atoms with Gasteiger partial charge in [0.1, 0.15) is 5.82 Å². The second-order valence-corrected chi connectivity index (χ2v) is 3.10. The molecule has 2 heterocycles. The fraction of sp³-hybridized carbons (Fsp3) is 0.556. The summed E-state index contributed by atoms with van der Waals surface area (Å²) in [5, 5.41) is 3.01. The summed E-state index contributed by atoms with van der Waals surface area (Å²) in [6.07, 6.45) is 0. The van der Waals surface area contributed by atoms with Crippen LogP contribution in [-0.2, 0) is 24.5 Å². The Bertz CT molecular complexity index is 341. The van der Waals surface area contributed by atoms with Crippen LogP contribution >= 0.6 is 0 Å². The summed E-state index contributed by atoms with van der Waals surface area (Å²) in [5.74, 6) is 1.38. The minimum Gasteiger partial charge on any atom is -0.481 e. The molecule has 1 aliphatic heterocycles. The zero-order valence-electron chi connectivity index (χ0n) is 8.33. The number of methoxy groups -OCH3 is 1. The molecule has 0 aliphatic carbocycles. The van der Waals surface area contributed by atoms with Crippen LogP contribution in [0, 0.1) is 0 Å². The van der Waals surface area contributed by atoms with Gasteiger partial charge in [-0.1, -0.05) is 0 Å². The van der Waals surface area contributed by atoms with Crippen molar-refractivity contribution in [2.45, 2.75) is 19.8 Å². The second kappa shape index (κ2) is 3.89. The predicted octanol–water partition coefficient (Wildman–Crippen LogP) is 0.235. The van der Waals surface area contributed by atoms with E-state index in [1.807, 2.05) is 7.05 Å². The average molecular weight is 195 g/mol. The van der Waals surface area contributed by atoms with Gasteiger partial charge >= 0.3 is 0 Å². The normalized spacial score (nSPS) is 14.1. The molecule has 1 aromatic heterocycles. The molecule has 1 aliphatic rings. The monoisotopic (exact) mass is 195 g/mol. The van der Waals surface area contributed by atoms with Crippen molar-refractivity contribution in [3.05, 3.63) is 17.1 Å². The van der Waals surface area contributed by atoms with Crippen molar-refractivity contribution in [1.29, 1.82) is 0 Å². The third kappa shape index (κ3) is 1.56. The van der Waals surface area contributed by atoms with Gasteiger partial charge in [-0.2, -0.15) is 4.98 Å². The molecule has 0 radical (unpaired) electrons. The van der Waals surface area contributed by atoms with Crippen molar-refractivity contribution >= 4 is 0 Å². The summed E-state index contributed by atoms with van der Waals surface area (Å²) in [6, 6.07) is 0. The molecule has 0 spiro atoms. The van der Waals surface area contributed by atoms with Crippen molar-refractivity contribution in [2.75, 3.05) is 14.2 Å². The molecular weight excluding hydrogens is 182 g/mol. The van der Waals surface area contributed by atoms with Gasteiger partial charge in [0.15, 0.2) is 0 Å².